The fourth-order valence-electron chi connectivity index (χ4n) is 1.54. The first-order chi connectivity index (χ1) is 8.61. The number of halogens is 2. The van der Waals surface area contributed by atoms with Crippen molar-refractivity contribution >= 4 is 31.9 Å². The molecule has 0 aliphatic heterocycles. The largest absolute Gasteiger partial charge is 0.492 e. The van der Waals surface area contributed by atoms with Gasteiger partial charge in [-0.25, -0.2) is 0 Å². The summed E-state index contributed by atoms with van der Waals surface area (Å²) >= 11 is 6.99. The molecule has 1 unspecified atom stereocenters. The highest BCUT2D eigenvalue weighted by Gasteiger charge is 2.07. The molecule has 0 saturated heterocycles. The van der Waals surface area contributed by atoms with Gasteiger partial charge in [-0.3, -0.25) is 0 Å². The zero-order valence-corrected chi connectivity index (χ0v) is 13.9. The minimum atomic E-state index is 0.360. The summed E-state index contributed by atoms with van der Waals surface area (Å²) in [5.41, 5.74) is 0. The molecule has 0 aromatic heterocycles. The van der Waals surface area contributed by atoms with Crippen LogP contribution in [0.1, 0.15) is 0 Å². The third-order valence-electron chi connectivity index (χ3n) is 2.40. The van der Waals surface area contributed by atoms with Crippen molar-refractivity contribution < 1.29 is 9.47 Å². The molecule has 0 aliphatic rings. The first kappa shape index (κ1) is 16.0. The molecule has 0 spiro atoms. The van der Waals surface area contributed by atoms with E-state index in [1.165, 1.54) is 0 Å². The van der Waals surface area contributed by atoms with Crippen LogP contribution < -0.4 is 4.74 Å². The molecule has 1 atom stereocenters. The van der Waals surface area contributed by atoms with Gasteiger partial charge in [-0.05, 0) is 25.2 Å². The molecular weight excluding hydrogens is 362 g/mol. The van der Waals surface area contributed by atoms with Gasteiger partial charge < -0.3 is 14.4 Å². The second kappa shape index (κ2) is 8.91. The number of benzene rings is 1. The summed E-state index contributed by atoms with van der Waals surface area (Å²) in [6, 6.07) is 7.89. The normalized spacial score (nSPS) is 12.7. The Hall–Kier alpha value is -0.100. The molecule has 1 aromatic rings. The summed E-state index contributed by atoms with van der Waals surface area (Å²) in [6.45, 7) is 3.23. The van der Waals surface area contributed by atoms with Gasteiger partial charge in [-0.1, -0.05) is 37.9 Å². The maximum absolute atomic E-state index is 5.68. The van der Waals surface area contributed by atoms with Gasteiger partial charge in [-0.15, -0.1) is 0 Å². The summed E-state index contributed by atoms with van der Waals surface area (Å²) in [5.74, 6) is 0.894. The van der Waals surface area contributed by atoms with Crippen LogP contribution in [0.2, 0.25) is 0 Å². The van der Waals surface area contributed by atoms with Crippen molar-refractivity contribution in [3.63, 3.8) is 0 Å². The number of alkyl halides is 1. The third kappa shape index (κ3) is 6.73. The maximum Gasteiger partial charge on any atom is 0.120 e. The van der Waals surface area contributed by atoms with E-state index in [2.05, 4.69) is 43.8 Å². The molecule has 0 fully saturated rings. The lowest BCUT2D eigenvalue weighted by molar-refractivity contribution is 0.178. The highest BCUT2D eigenvalue weighted by Crippen LogP contribution is 2.17. The Morgan fingerprint density at radius 2 is 2.17 bits per heavy atom. The van der Waals surface area contributed by atoms with E-state index in [0.717, 1.165) is 29.9 Å². The van der Waals surface area contributed by atoms with Crippen LogP contribution in [0.4, 0.5) is 0 Å². The Balaban J connectivity index is 2.21. The van der Waals surface area contributed by atoms with Crippen molar-refractivity contribution in [1.82, 2.24) is 4.90 Å². The molecule has 0 bridgehead atoms. The van der Waals surface area contributed by atoms with Crippen LogP contribution in [-0.2, 0) is 4.74 Å². The zero-order chi connectivity index (χ0) is 13.4. The van der Waals surface area contributed by atoms with E-state index in [1.54, 1.807) is 7.11 Å². The van der Waals surface area contributed by atoms with Crippen LogP contribution in [-0.4, -0.2) is 50.2 Å². The second-order valence-electron chi connectivity index (χ2n) is 4.12. The SMILES string of the molecule is COCC(Br)CN(C)CCOc1cccc(Br)c1. The van der Waals surface area contributed by atoms with E-state index in [-0.39, 0.29) is 0 Å². The number of hydrogen-bond donors (Lipinski definition) is 0. The summed E-state index contributed by atoms with van der Waals surface area (Å²) in [5, 5.41) is 0. The molecule has 0 N–H and O–H groups in total. The van der Waals surface area contributed by atoms with E-state index in [9.17, 15) is 0 Å². The van der Waals surface area contributed by atoms with Gasteiger partial charge in [0.15, 0.2) is 0 Å². The van der Waals surface area contributed by atoms with Gasteiger partial charge in [0.25, 0.3) is 0 Å². The lowest BCUT2D eigenvalue weighted by Crippen LogP contribution is -2.31. The van der Waals surface area contributed by atoms with Gasteiger partial charge in [0.1, 0.15) is 12.4 Å². The Bertz CT molecular complexity index is 350. The lowest BCUT2D eigenvalue weighted by atomic mass is 10.3. The van der Waals surface area contributed by atoms with Crippen LogP contribution in [0.25, 0.3) is 0 Å². The first-order valence-corrected chi connectivity index (χ1v) is 7.52. The molecule has 18 heavy (non-hydrogen) atoms. The number of nitrogens with zero attached hydrogens (tertiary/aromatic N) is 1. The lowest BCUT2D eigenvalue weighted by Gasteiger charge is -2.19. The van der Waals surface area contributed by atoms with E-state index in [4.69, 9.17) is 9.47 Å². The number of ether oxygens (including phenoxy) is 2. The predicted octanol–water partition coefficient (Wildman–Crippen LogP) is 3.17. The van der Waals surface area contributed by atoms with Crippen molar-refractivity contribution in [1.29, 1.82) is 0 Å². The molecular formula is C13H19Br2NO2. The Labute approximate surface area is 126 Å². The van der Waals surface area contributed by atoms with Gasteiger partial charge in [0.05, 0.1) is 11.4 Å². The molecule has 0 aliphatic carbocycles. The number of methoxy groups -OCH3 is 1. The highest BCUT2D eigenvalue weighted by atomic mass is 79.9. The van der Waals surface area contributed by atoms with Gasteiger partial charge in [0, 0.05) is 24.7 Å². The van der Waals surface area contributed by atoms with Crippen LogP contribution in [0.15, 0.2) is 28.7 Å². The minimum Gasteiger partial charge on any atom is -0.492 e. The summed E-state index contributed by atoms with van der Waals surface area (Å²) in [7, 11) is 3.79. The minimum absolute atomic E-state index is 0.360. The van der Waals surface area contributed by atoms with Gasteiger partial charge >= 0.3 is 0 Å². The molecule has 0 heterocycles. The summed E-state index contributed by atoms with van der Waals surface area (Å²) in [4.78, 5) is 2.58. The van der Waals surface area contributed by atoms with E-state index < -0.39 is 0 Å². The molecule has 0 saturated carbocycles. The summed E-state index contributed by atoms with van der Waals surface area (Å²) < 4.78 is 11.8. The molecule has 0 amide bonds. The third-order valence-corrected chi connectivity index (χ3v) is 3.44. The van der Waals surface area contributed by atoms with E-state index >= 15 is 0 Å². The monoisotopic (exact) mass is 379 g/mol. The zero-order valence-electron chi connectivity index (χ0n) is 10.7. The van der Waals surface area contributed by atoms with Crippen molar-refractivity contribution in [2.45, 2.75) is 4.83 Å². The average Bonchev–Trinajstić information content (AvgIpc) is 2.29. The molecule has 1 aromatic carbocycles. The maximum atomic E-state index is 5.68. The fraction of sp³-hybridized carbons (Fsp3) is 0.538. The topological polar surface area (TPSA) is 21.7 Å². The molecule has 0 radical (unpaired) electrons. The standard InChI is InChI=1S/C13H19Br2NO2/c1-16(9-12(15)10-17-2)6-7-18-13-5-3-4-11(14)8-13/h3-5,8,12H,6-7,9-10H2,1-2H3. The first-order valence-electron chi connectivity index (χ1n) is 5.81. The Kier molecular flexibility index (Phi) is 7.90. The highest BCUT2D eigenvalue weighted by molar-refractivity contribution is 9.10. The summed E-state index contributed by atoms with van der Waals surface area (Å²) in [6.07, 6.45) is 0. The molecule has 3 nitrogen and oxygen atoms in total. The van der Waals surface area contributed by atoms with Crippen LogP contribution in [0.5, 0.6) is 5.75 Å². The van der Waals surface area contributed by atoms with Crippen LogP contribution in [0, 0.1) is 0 Å². The number of hydrogen-bond acceptors (Lipinski definition) is 3. The van der Waals surface area contributed by atoms with Crippen LogP contribution >= 0.6 is 31.9 Å². The van der Waals surface area contributed by atoms with Crippen molar-refractivity contribution in [3.05, 3.63) is 28.7 Å². The van der Waals surface area contributed by atoms with E-state index in [1.807, 2.05) is 24.3 Å². The quantitative estimate of drug-likeness (QED) is 0.646. The van der Waals surface area contributed by atoms with E-state index in [0.29, 0.717) is 11.4 Å². The van der Waals surface area contributed by atoms with Crippen LogP contribution in [0.3, 0.4) is 0 Å². The average molecular weight is 381 g/mol. The van der Waals surface area contributed by atoms with Crippen molar-refractivity contribution in [2.24, 2.45) is 0 Å². The number of likely N-dealkylation sites (N-methyl/N-ethyl adjacent to an activating group) is 1. The number of rotatable bonds is 8. The molecule has 102 valence electrons. The molecule has 1 rings (SSSR count). The van der Waals surface area contributed by atoms with Gasteiger partial charge in [0.2, 0.25) is 0 Å². The Morgan fingerprint density at radius 3 is 2.83 bits per heavy atom. The Morgan fingerprint density at radius 1 is 1.39 bits per heavy atom. The predicted molar refractivity (Wildman–Crippen MR) is 81.7 cm³/mol. The van der Waals surface area contributed by atoms with Crippen molar-refractivity contribution in [3.8, 4) is 5.75 Å². The molecule has 5 heteroatoms. The van der Waals surface area contributed by atoms with Crippen molar-refractivity contribution in [2.75, 3.05) is 40.5 Å². The van der Waals surface area contributed by atoms with Gasteiger partial charge in [-0.2, -0.15) is 0 Å². The fourth-order valence-corrected chi connectivity index (χ4v) is 2.68. The smallest absolute Gasteiger partial charge is 0.120 e. The second-order valence-corrected chi connectivity index (χ2v) is 6.33.